The monoisotopic (exact) mass is 398 g/mol. The van der Waals surface area contributed by atoms with Crippen LogP contribution < -0.4 is 14.4 Å². The molecular weight excluding hydrogens is 375 g/mol. The molecule has 6 nitrogen and oxygen atoms in total. The maximum absolute atomic E-state index is 14.1. The molecule has 152 valence electrons. The van der Waals surface area contributed by atoms with E-state index in [1.807, 2.05) is 0 Å². The molecule has 1 fully saturated rings. The summed E-state index contributed by atoms with van der Waals surface area (Å²) in [5.74, 6) is -0.573. The molecule has 0 unspecified atom stereocenters. The Labute approximate surface area is 168 Å². The molecule has 0 aliphatic carbocycles. The number of anilines is 1. The molecule has 0 spiro atoms. The number of nitrogens with zero attached hydrogens (tertiary/aromatic N) is 2. The van der Waals surface area contributed by atoms with Gasteiger partial charge in [-0.05, 0) is 49.6 Å². The van der Waals surface area contributed by atoms with Crippen LogP contribution in [0.25, 0.3) is 0 Å². The first-order chi connectivity index (χ1) is 14.1. The van der Waals surface area contributed by atoms with Crippen LogP contribution in [0.3, 0.4) is 0 Å². The van der Waals surface area contributed by atoms with E-state index in [2.05, 4.69) is 0 Å². The Kier molecular flexibility index (Phi) is 5.38. The van der Waals surface area contributed by atoms with Gasteiger partial charge in [-0.15, -0.1) is 0 Å². The first-order valence-electron chi connectivity index (χ1n) is 9.78. The Morgan fingerprint density at radius 1 is 1.10 bits per heavy atom. The number of carbonyl (C=O) groups excluding carboxylic acids is 2. The smallest absolute Gasteiger partial charge is 0.265 e. The Balaban J connectivity index is 1.63. The summed E-state index contributed by atoms with van der Waals surface area (Å²) in [6, 6.07) is 11.2. The second-order valence-corrected chi connectivity index (χ2v) is 7.23. The van der Waals surface area contributed by atoms with Crippen molar-refractivity contribution in [2.75, 3.05) is 31.6 Å². The molecule has 2 aliphatic rings. The molecule has 0 aromatic heterocycles. The summed E-state index contributed by atoms with van der Waals surface area (Å²) in [4.78, 5) is 29.5. The van der Waals surface area contributed by atoms with Gasteiger partial charge in [-0.3, -0.25) is 9.59 Å². The lowest BCUT2D eigenvalue weighted by molar-refractivity contribution is -0.139. The molecule has 29 heavy (non-hydrogen) atoms. The van der Waals surface area contributed by atoms with Crippen LogP contribution >= 0.6 is 0 Å². The normalized spacial score (nSPS) is 18.6. The third-order valence-corrected chi connectivity index (χ3v) is 5.36. The lowest BCUT2D eigenvalue weighted by Crippen LogP contribution is -2.52. The van der Waals surface area contributed by atoms with E-state index in [1.54, 1.807) is 29.2 Å². The Morgan fingerprint density at radius 2 is 1.86 bits per heavy atom. The molecule has 0 radical (unpaired) electrons. The molecule has 2 aliphatic heterocycles. The Morgan fingerprint density at radius 3 is 2.59 bits per heavy atom. The average Bonchev–Trinajstić information content (AvgIpc) is 2.77. The van der Waals surface area contributed by atoms with Gasteiger partial charge in [0.05, 0.1) is 19.3 Å². The fraction of sp³-hybridized carbons (Fsp3) is 0.364. The number of fused-ring (bicyclic) bond motifs is 1. The highest BCUT2D eigenvalue weighted by Crippen LogP contribution is 2.35. The van der Waals surface area contributed by atoms with Gasteiger partial charge in [0.25, 0.3) is 11.8 Å². The number of hydrogen-bond acceptors (Lipinski definition) is 4. The van der Waals surface area contributed by atoms with Crippen LogP contribution in [0.2, 0.25) is 0 Å². The summed E-state index contributed by atoms with van der Waals surface area (Å²) >= 11 is 0. The van der Waals surface area contributed by atoms with Crippen LogP contribution in [-0.2, 0) is 4.79 Å². The lowest BCUT2D eigenvalue weighted by Gasteiger charge is -2.37. The van der Waals surface area contributed by atoms with Gasteiger partial charge in [0.15, 0.2) is 17.7 Å². The zero-order valence-corrected chi connectivity index (χ0v) is 16.3. The van der Waals surface area contributed by atoms with Gasteiger partial charge in [-0.2, -0.15) is 0 Å². The van der Waals surface area contributed by atoms with Gasteiger partial charge < -0.3 is 19.3 Å². The lowest BCUT2D eigenvalue weighted by atomic mass is 10.1. The maximum atomic E-state index is 14.1. The van der Waals surface area contributed by atoms with Crippen molar-refractivity contribution in [3.05, 3.63) is 53.8 Å². The van der Waals surface area contributed by atoms with Gasteiger partial charge in [0.2, 0.25) is 0 Å². The summed E-state index contributed by atoms with van der Waals surface area (Å²) in [6.45, 7) is 1.49. The van der Waals surface area contributed by atoms with Crippen molar-refractivity contribution in [1.82, 2.24) is 4.90 Å². The van der Waals surface area contributed by atoms with Crippen LogP contribution in [-0.4, -0.2) is 49.6 Å². The van der Waals surface area contributed by atoms with Crippen molar-refractivity contribution in [1.29, 1.82) is 0 Å². The highest BCUT2D eigenvalue weighted by molar-refractivity contribution is 6.08. The van der Waals surface area contributed by atoms with Crippen molar-refractivity contribution in [3.8, 4) is 11.5 Å². The van der Waals surface area contributed by atoms with Crippen LogP contribution in [0.15, 0.2) is 42.5 Å². The van der Waals surface area contributed by atoms with Crippen LogP contribution in [0.5, 0.6) is 11.5 Å². The Hall–Kier alpha value is -3.09. The third-order valence-electron chi connectivity index (χ3n) is 5.36. The van der Waals surface area contributed by atoms with Gasteiger partial charge >= 0.3 is 0 Å². The summed E-state index contributed by atoms with van der Waals surface area (Å²) in [7, 11) is 1.37. The number of rotatable bonds is 3. The van der Waals surface area contributed by atoms with E-state index in [9.17, 15) is 14.0 Å². The molecule has 1 atom stereocenters. The standard InChI is InChI=1S/C22H23FN2O4/c1-28-18-10-9-15(13-16(18)23)21(26)25-14-20(22(27)24-11-5-2-6-12-24)29-19-8-4-3-7-17(19)25/h3-4,7-10,13,20H,2,5-6,11-12,14H2,1H3/t20-/m0/s1. The minimum absolute atomic E-state index is 0.0714. The SMILES string of the molecule is COc1ccc(C(=O)N2C[C@@H](C(=O)N3CCCCC3)Oc3ccccc32)cc1F. The first-order valence-corrected chi connectivity index (χ1v) is 9.78. The molecule has 7 heteroatoms. The molecule has 0 bridgehead atoms. The van der Waals surface area contributed by atoms with E-state index in [-0.39, 0.29) is 23.8 Å². The van der Waals surface area contributed by atoms with E-state index < -0.39 is 17.8 Å². The minimum Gasteiger partial charge on any atom is -0.494 e. The predicted octanol–water partition coefficient (Wildman–Crippen LogP) is 3.25. The largest absolute Gasteiger partial charge is 0.494 e. The number of ether oxygens (including phenoxy) is 2. The second kappa shape index (κ2) is 8.11. The van der Waals surface area contributed by atoms with Crippen molar-refractivity contribution in [2.45, 2.75) is 25.4 Å². The van der Waals surface area contributed by atoms with Crippen molar-refractivity contribution in [2.24, 2.45) is 0 Å². The maximum Gasteiger partial charge on any atom is 0.265 e. The Bertz CT molecular complexity index is 927. The number of hydrogen-bond donors (Lipinski definition) is 0. The number of methoxy groups -OCH3 is 1. The summed E-state index contributed by atoms with van der Waals surface area (Å²) in [6.07, 6.45) is 2.28. The van der Waals surface area contributed by atoms with E-state index in [0.717, 1.165) is 25.3 Å². The van der Waals surface area contributed by atoms with Crippen LogP contribution in [0.1, 0.15) is 29.6 Å². The average molecular weight is 398 g/mol. The third kappa shape index (κ3) is 3.77. The van der Waals surface area contributed by atoms with Crippen molar-refractivity contribution in [3.63, 3.8) is 0 Å². The minimum atomic E-state index is -0.782. The first kappa shape index (κ1) is 19.2. The molecule has 0 N–H and O–H groups in total. The number of piperidine rings is 1. The fourth-order valence-corrected chi connectivity index (χ4v) is 3.83. The number of benzene rings is 2. The summed E-state index contributed by atoms with van der Waals surface area (Å²) < 4.78 is 25.0. The highest BCUT2D eigenvalue weighted by Gasteiger charge is 2.36. The van der Waals surface area contributed by atoms with E-state index >= 15 is 0 Å². The topological polar surface area (TPSA) is 59.1 Å². The van der Waals surface area contributed by atoms with Crippen molar-refractivity contribution < 1.29 is 23.5 Å². The highest BCUT2D eigenvalue weighted by atomic mass is 19.1. The number of para-hydroxylation sites is 2. The van der Waals surface area contributed by atoms with Crippen LogP contribution in [0.4, 0.5) is 10.1 Å². The molecule has 2 amide bonds. The van der Waals surface area contributed by atoms with Crippen LogP contribution in [0, 0.1) is 5.82 Å². The molecule has 4 rings (SSSR count). The second-order valence-electron chi connectivity index (χ2n) is 7.23. The van der Waals surface area contributed by atoms with Gasteiger partial charge in [0, 0.05) is 18.7 Å². The van der Waals surface area contributed by atoms with Crippen molar-refractivity contribution >= 4 is 17.5 Å². The van der Waals surface area contributed by atoms with E-state index in [4.69, 9.17) is 9.47 Å². The van der Waals surface area contributed by atoms with Gasteiger partial charge in [0.1, 0.15) is 5.75 Å². The van der Waals surface area contributed by atoms with E-state index in [1.165, 1.54) is 24.1 Å². The van der Waals surface area contributed by atoms with Gasteiger partial charge in [-0.25, -0.2) is 4.39 Å². The quantitative estimate of drug-likeness (QED) is 0.796. The molecule has 2 aromatic carbocycles. The number of halogens is 1. The number of likely N-dealkylation sites (tertiary alicyclic amines) is 1. The molecule has 2 heterocycles. The number of amides is 2. The summed E-state index contributed by atoms with van der Waals surface area (Å²) in [5.41, 5.74) is 0.751. The van der Waals surface area contributed by atoms with Gasteiger partial charge in [-0.1, -0.05) is 12.1 Å². The predicted molar refractivity (Wildman–Crippen MR) is 106 cm³/mol. The molecule has 2 aromatic rings. The zero-order chi connectivity index (χ0) is 20.4. The summed E-state index contributed by atoms with van der Waals surface area (Å²) in [5, 5.41) is 0. The molecule has 0 saturated carbocycles. The number of carbonyl (C=O) groups is 2. The van der Waals surface area contributed by atoms with E-state index in [0.29, 0.717) is 24.5 Å². The zero-order valence-electron chi connectivity index (χ0n) is 16.3. The fourth-order valence-electron chi connectivity index (χ4n) is 3.83. The molecule has 1 saturated heterocycles. The molecular formula is C22H23FN2O4.